The third-order valence-electron chi connectivity index (χ3n) is 3.81. The van der Waals surface area contributed by atoms with Crippen LogP contribution in [0.4, 0.5) is 5.69 Å². The van der Waals surface area contributed by atoms with Crippen LogP contribution in [0.2, 0.25) is 10.0 Å². The highest BCUT2D eigenvalue weighted by atomic mass is 35.5. The lowest BCUT2D eigenvalue weighted by Crippen LogP contribution is -2.49. The summed E-state index contributed by atoms with van der Waals surface area (Å²) in [6.45, 7) is 4.44. The molecule has 1 aliphatic heterocycles. The highest BCUT2D eigenvalue weighted by Crippen LogP contribution is 2.32. The molecule has 2 aromatic rings. The van der Waals surface area contributed by atoms with E-state index in [0.717, 1.165) is 11.4 Å². The molecule has 0 radical (unpaired) electrons. The smallest absolute Gasteiger partial charge is 0.274 e. The zero-order chi connectivity index (χ0) is 16.4. The molecule has 0 unspecified atom stereocenters. The SMILES string of the molecule is Cc1cncc(C(=O)N2CCN(c3cccc(Cl)c3Cl)CC2)n1. The first kappa shape index (κ1) is 16.0. The summed E-state index contributed by atoms with van der Waals surface area (Å²) in [6, 6.07) is 5.59. The number of carbonyl (C=O) groups is 1. The van der Waals surface area contributed by atoms with E-state index in [1.807, 2.05) is 19.1 Å². The van der Waals surface area contributed by atoms with Gasteiger partial charge in [0, 0.05) is 32.4 Å². The van der Waals surface area contributed by atoms with Gasteiger partial charge in [0.15, 0.2) is 0 Å². The summed E-state index contributed by atoms with van der Waals surface area (Å²) in [7, 11) is 0. The monoisotopic (exact) mass is 350 g/mol. The number of carbonyl (C=O) groups excluding carboxylic acids is 1. The molecule has 7 heteroatoms. The first-order chi connectivity index (χ1) is 11.1. The second-order valence-corrected chi connectivity index (χ2v) is 6.18. The van der Waals surface area contributed by atoms with Crippen LogP contribution in [0.1, 0.15) is 16.2 Å². The maximum Gasteiger partial charge on any atom is 0.274 e. The fourth-order valence-electron chi connectivity index (χ4n) is 2.62. The Labute approximate surface area is 144 Å². The van der Waals surface area contributed by atoms with Crippen molar-refractivity contribution in [1.29, 1.82) is 0 Å². The number of anilines is 1. The van der Waals surface area contributed by atoms with Crippen LogP contribution in [-0.4, -0.2) is 47.0 Å². The maximum atomic E-state index is 12.5. The standard InChI is InChI=1S/C16H16Cl2N4O/c1-11-9-19-10-13(20-11)16(23)22-7-5-21(6-8-22)14-4-2-3-12(17)15(14)18/h2-4,9-10H,5-8H2,1H3. The quantitative estimate of drug-likeness (QED) is 0.835. The van der Waals surface area contributed by atoms with Crippen LogP contribution in [-0.2, 0) is 0 Å². The molecule has 0 bridgehead atoms. The lowest BCUT2D eigenvalue weighted by Gasteiger charge is -2.36. The number of nitrogens with zero attached hydrogens (tertiary/aromatic N) is 4. The van der Waals surface area contributed by atoms with Crippen LogP contribution in [0.3, 0.4) is 0 Å². The Morgan fingerprint density at radius 1 is 1.13 bits per heavy atom. The fourth-order valence-corrected chi connectivity index (χ4v) is 3.03. The van der Waals surface area contributed by atoms with Gasteiger partial charge in [-0.05, 0) is 19.1 Å². The highest BCUT2D eigenvalue weighted by molar-refractivity contribution is 6.43. The molecule has 1 aromatic carbocycles. The Morgan fingerprint density at radius 2 is 1.87 bits per heavy atom. The number of amides is 1. The van der Waals surface area contributed by atoms with Gasteiger partial charge < -0.3 is 9.80 Å². The average Bonchev–Trinajstić information content (AvgIpc) is 2.57. The van der Waals surface area contributed by atoms with E-state index in [4.69, 9.17) is 23.2 Å². The first-order valence-electron chi connectivity index (χ1n) is 7.33. The zero-order valence-corrected chi connectivity index (χ0v) is 14.2. The molecule has 1 aromatic heterocycles. The molecule has 3 rings (SSSR count). The molecule has 1 aliphatic rings. The van der Waals surface area contributed by atoms with Crippen LogP contribution in [0.5, 0.6) is 0 Å². The van der Waals surface area contributed by atoms with Crippen molar-refractivity contribution in [3.63, 3.8) is 0 Å². The number of rotatable bonds is 2. The molecule has 0 aliphatic carbocycles. The molecular weight excluding hydrogens is 335 g/mol. The Bertz CT molecular complexity index is 730. The van der Waals surface area contributed by atoms with Gasteiger partial charge in [0.1, 0.15) is 5.69 Å². The number of piperazine rings is 1. The van der Waals surface area contributed by atoms with E-state index in [2.05, 4.69) is 14.9 Å². The summed E-state index contributed by atoms with van der Waals surface area (Å²) in [5.41, 5.74) is 2.03. The second-order valence-electron chi connectivity index (χ2n) is 5.40. The molecule has 0 saturated carbocycles. The third kappa shape index (κ3) is 3.41. The van der Waals surface area contributed by atoms with Gasteiger partial charge in [0.2, 0.25) is 0 Å². The Hall–Kier alpha value is -1.85. The molecule has 120 valence electrons. The van der Waals surface area contributed by atoms with Crippen LogP contribution in [0.15, 0.2) is 30.6 Å². The van der Waals surface area contributed by atoms with Gasteiger partial charge >= 0.3 is 0 Å². The predicted octanol–water partition coefficient (Wildman–Crippen LogP) is 3.05. The van der Waals surface area contributed by atoms with E-state index in [9.17, 15) is 4.79 Å². The number of hydrogen-bond donors (Lipinski definition) is 0. The molecule has 0 atom stereocenters. The summed E-state index contributed by atoms with van der Waals surface area (Å²) in [4.78, 5) is 24.7. The number of aryl methyl sites for hydroxylation is 1. The first-order valence-corrected chi connectivity index (χ1v) is 8.09. The van der Waals surface area contributed by atoms with Gasteiger partial charge in [0.25, 0.3) is 5.91 Å². The minimum atomic E-state index is -0.0851. The Morgan fingerprint density at radius 3 is 2.57 bits per heavy atom. The average molecular weight is 351 g/mol. The van der Waals surface area contributed by atoms with Gasteiger partial charge in [-0.15, -0.1) is 0 Å². The van der Waals surface area contributed by atoms with Crippen molar-refractivity contribution in [1.82, 2.24) is 14.9 Å². The second kappa shape index (κ2) is 6.72. The molecule has 5 nitrogen and oxygen atoms in total. The minimum absolute atomic E-state index is 0.0851. The van der Waals surface area contributed by atoms with Gasteiger partial charge in [0.05, 0.1) is 27.6 Å². The summed E-state index contributed by atoms with van der Waals surface area (Å²) in [5, 5.41) is 1.09. The summed E-state index contributed by atoms with van der Waals surface area (Å²) in [5.74, 6) is -0.0851. The lowest BCUT2D eigenvalue weighted by molar-refractivity contribution is 0.0740. The zero-order valence-electron chi connectivity index (χ0n) is 12.7. The van der Waals surface area contributed by atoms with Gasteiger partial charge in [-0.2, -0.15) is 0 Å². The normalized spacial score (nSPS) is 14.9. The number of hydrogen-bond acceptors (Lipinski definition) is 4. The molecule has 1 saturated heterocycles. The topological polar surface area (TPSA) is 49.3 Å². The Balaban J connectivity index is 1.69. The van der Waals surface area contributed by atoms with E-state index in [-0.39, 0.29) is 5.91 Å². The van der Waals surface area contributed by atoms with E-state index in [1.165, 1.54) is 6.20 Å². The van der Waals surface area contributed by atoms with Crippen LogP contribution < -0.4 is 4.90 Å². The number of benzene rings is 1. The van der Waals surface area contributed by atoms with Crippen molar-refractivity contribution in [2.45, 2.75) is 6.92 Å². The molecular formula is C16H16Cl2N4O. The van der Waals surface area contributed by atoms with E-state index >= 15 is 0 Å². The van der Waals surface area contributed by atoms with Gasteiger partial charge in [-0.1, -0.05) is 29.3 Å². The minimum Gasteiger partial charge on any atom is -0.367 e. The molecule has 1 amide bonds. The van der Waals surface area contributed by atoms with Crippen molar-refractivity contribution in [2.75, 3.05) is 31.1 Å². The number of aromatic nitrogens is 2. The lowest BCUT2D eigenvalue weighted by atomic mass is 10.2. The fraction of sp³-hybridized carbons (Fsp3) is 0.312. The van der Waals surface area contributed by atoms with Crippen LogP contribution in [0.25, 0.3) is 0 Å². The Kier molecular flexibility index (Phi) is 4.68. The van der Waals surface area contributed by atoms with E-state index in [0.29, 0.717) is 41.9 Å². The van der Waals surface area contributed by atoms with Crippen molar-refractivity contribution in [3.05, 3.63) is 52.0 Å². The molecule has 23 heavy (non-hydrogen) atoms. The highest BCUT2D eigenvalue weighted by Gasteiger charge is 2.24. The van der Waals surface area contributed by atoms with Crippen LogP contribution in [0, 0.1) is 6.92 Å². The van der Waals surface area contributed by atoms with Crippen LogP contribution >= 0.6 is 23.2 Å². The van der Waals surface area contributed by atoms with E-state index in [1.54, 1.807) is 17.2 Å². The molecule has 0 N–H and O–H groups in total. The van der Waals surface area contributed by atoms with Crippen molar-refractivity contribution in [2.24, 2.45) is 0 Å². The molecule has 1 fully saturated rings. The van der Waals surface area contributed by atoms with Crippen molar-refractivity contribution < 1.29 is 4.79 Å². The largest absolute Gasteiger partial charge is 0.367 e. The van der Waals surface area contributed by atoms with Gasteiger partial charge in [-0.3, -0.25) is 9.78 Å². The third-order valence-corrected chi connectivity index (χ3v) is 4.62. The molecule has 0 spiro atoms. The van der Waals surface area contributed by atoms with Gasteiger partial charge in [-0.25, -0.2) is 4.98 Å². The maximum absolute atomic E-state index is 12.5. The number of halogens is 2. The van der Waals surface area contributed by atoms with Crippen molar-refractivity contribution >= 4 is 34.8 Å². The summed E-state index contributed by atoms with van der Waals surface area (Å²) < 4.78 is 0. The summed E-state index contributed by atoms with van der Waals surface area (Å²) >= 11 is 12.3. The molecule has 2 heterocycles. The summed E-state index contributed by atoms with van der Waals surface area (Å²) in [6.07, 6.45) is 3.14. The predicted molar refractivity (Wildman–Crippen MR) is 91.3 cm³/mol. The van der Waals surface area contributed by atoms with E-state index < -0.39 is 0 Å². The van der Waals surface area contributed by atoms with Crippen molar-refractivity contribution in [3.8, 4) is 0 Å².